The van der Waals surface area contributed by atoms with Gasteiger partial charge in [-0.2, -0.15) is 0 Å². The number of ether oxygens (including phenoxy) is 4. The maximum absolute atomic E-state index is 13.1. The number of methoxy groups -OCH3 is 3. The monoisotopic (exact) mass is 370 g/mol. The standard InChI is InChI=1S/C21H22O6/c1-12-8-15-17(9-13(12)2)27-20(21(19(15)22)26-11-23-3)14-6-7-16(24-4)18(10-14)25-5/h6-10H,11H2,1-5H3. The second kappa shape index (κ2) is 7.72. The van der Waals surface area contributed by atoms with E-state index in [-0.39, 0.29) is 18.0 Å². The molecule has 6 nitrogen and oxygen atoms in total. The summed E-state index contributed by atoms with van der Waals surface area (Å²) in [4.78, 5) is 13.1. The number of aryl methyl sites for hydroxylation is 2. The van der Waals surface area contributed by atoms with E-state index in [0.29, 0.717) is 33.8 Å². The third-order valence-electron chi connectivity index (χ3n) is 4.43. The highest BCUT2D eigenvalue weighted by atomic mass is 16.7. The van der Waals surface area contributed by atoms with Gasteiger partial charge in [0.25, 0.3) is 0 Å². The smallest absolute Gasteiger partial charge is 0.235 e. The maximum atomic E-state index is 13.1. The third-order valence-corrected chi connectivity index (χ3v) is 4.43. The van der Waals surface area contributed by atoms with Gasteiger partial charge in [-0.15, -0.1) is 0 Å². The van der Waals surface area contributed by atoms with Crippen LogP contribution >= 0.6 is 0 Å². The lowest BCUT2D eigenvalue weighted by Crippen LogP contribution is -2.12. The molecule has 27 heavy (non-hydrogen) atoms. The van der Waals surface area contributed by atoms with Crippen molar-refractivity contribution in [1.82, 2.24) is 0 Å². The molecule has 0 N–H and O–H groups in total. The number of rotatable bonds is 6. The summed E-state index contributed by atoms with van der Waals surface area (Å²) in [6, 6.07) is 8.94. The SMILES string of the molecule is COCOc1c(-c2ccc(OC)c(OC)c2)oc2cc(C)c(C)cc2c1=O. The summed E-state index contributed by atoms with van der Waals surface area (Å²) in [7, 11) is 4.60. The largest absolute Gasteiger partial charge is 0.493 e. The van der Waals surface area contributed by atoms with Gasteiger partial charge in [0, 0.05) is 12.7 Å². The number of hydrogen-bond acceptors (Lipinski definition) is 6. The summed E-state index contributed by atoms with van der Waals surface area (Å²) in [5.74, 6) is 1.51. The van der Waals surface area contributed by atoms with Crippen molar-refractivity contribution >= 4 is 11.0 Å². The van der Waals surface area contributed by atoms with Crippen LogP contribution in [0.2, 0.25) is 0 Å². The molecule has 1 heterocycles. The zero-order valence-corrected chi connectivity index (χ0v) is 16.0. The molecule has 0 saturated heterocycles. The van der Waals surface area contributed by atoms with E-state index in [9.17, 15) is 4.79 Å². The summed E-state index contributed by atoms with van der Waals surface area (Å²) in [6.07, 6.45) is 0. The molecule has 3 aromatic rings. The topological polar surface area (TPSA) is 67.1 Å². The highest BCUT2D eigenvalue weighted by Crippen LogP contribution is 2.37. The minimum atomic E-state index is -0.249. The van der Waals surface area contributed by atoms with Crippen LogP contribution < -0.4 is 19.6 Å². The molecule has 0 atom stereocenters. The molecule has 0 aliphatic carbocycles. The van der Waals surface area contributed by atoms with E-state index in [0.717, 1.165) is 11.1 Å². The highest BCUT2D eigenvalue weighted by molar-refractivity contribution is 5.83. The lowest BCUT2D eigenvalue weighted by Gasteiger charge is -2.14. The molecule has 0 aliphatic rings. The van der Waals surface area contributed by atoms with Crippen molar-refractivity contribution in [3.05, 3.63) is 51.7 Å². The fourth-order valence-corrected chi connectivity index (χ4v) is 2.85. The van der Waals surface area contributed by atoms with E-state index < -0.39 is 0 Å². The Hall–Kier alpha value is -2.99. The molecule has 0 unspecified atom stereocenters. The Morgan fingerprint density at radius 2 is 1.63 bits per heavy atom. The van der Waals surface area contributed by atoms with Crippen molar-refractivity contribution in [3.63, 3.8) is 0 Å². The summed E-state index contributed by atoms with van der Waals surface area (Å²) in [6.45, 7) is 3.85. The predicted molar refractivity (Wildman–Crippen MR) is 103 cm³/mol. The number of benzene rings is 2. The predicted octanol–water partition coefficient (Wildman–Crippen LogP) is 4.08. The molecular weight excluding hydrogens is 348 g/mol. The summed E-state index contributed by atoms with van der Waals surface area (Å²) in [5.41, 5.74) is 2.93. The molecule has 6 heteroatoms. The zero-order chi connectivity index (χ0) is 19.6. The van der Waals surface area contributed by atoms with Gasteiger partial charge >= 0.3 is 0 Å². The van der Waals surface area contributed by atoms with Crippen LogP contribution in [0.3, 0.4) is 0 Å². The van der Waals surface area contributed by atoms with Gasteiger partial charge in [-0.25, -0.2) is 0 Å². The van der Waals surface area contributed by atoms with Crippen molar-refractivity contribution in [3.8, 4) is 28.6 Å². The highest BCUT2D eigenvalue weighted by Gasteiger charge is 2.20. The molecule has 0 spiro atoms. The summed E-state index contributed by atoms with van der Waals surface area (Å²) >= 11 is 0. The van der Waals surface area contributed by atoms with Gasteiger partial charge in [0.1, 0.15) is 5.58 Å². The average molecular weight is 370 g/mol. The van der Waals surface area contributed by atoms with Crippen LogP contribution in [0, 0.1) is 13.8 Å². The molecule has 0 amide bonds. The molecule has 2 aromatic carbocycles. The quantitative estimate of drug-likeness (QED) is 0.609. The van der Waals surface area contributed by atoms with Gasteiger partial charge in [0.05, 0.1) is 19.6 Å². The van der Waals surface area contributed by atoms with Crippen LogP contribution in [0.1, 0.15) is 11.1 Å². The molecule has 1 aromatic heterocycles. The second-order valence-electron chi connectivity index (χ2n) is 6.14. The van der Waals surface area contributed by atoms with Crippen LogP contribution in [0.15, 0.2) is 39.5 Å². The minimum absolute atomic E-state index is 0.0681. The zero-order valence-electron chi connectivity index (χ0n) is 16.0. The molecule has 0 radical (unpaired) electrons. The van der Waals surface area contributed by atoms with Crippen LogP contribution in [0.5, 0.6) is 17.2 Å². The Bertz CT molecular complexity index is 1040. The Morgan fingerprint density at radius 1 is 0.926 bits per heavy atom. The van der Waals surface area contributed by atoms with Gasteiger partial charge in [-0.3, -0.25) is 4.79 Å². The fourth-order valence-electron chi connectivity index (χ4n) is 2.85. The first-order valence-electron chi connectivity index (χ1n) is 8.42. The van der Waals surface area contributed by atoms with E-state index in [4.69, 9.17) is 23.4 Å². The van der Waals surface area contributed by atoms with Gasteiger partial charge in [-0.1, -0.05) is 0 Å². The molecule has 0 bridgehead atoms. The Balaban J connectivity index is 2.30. The second-order valence-corrected chi connectivity index (χ2v) is 6.14. The Kier molecular flexibility index (Phi) is 5.37. The normalized spacial score (nSPS) is 10.9. The minimum Gasteiger partial charge on any atom is -0.493 e. The Morgan fingerprint density at radius 3 is 2.30 bits per heavy atom. The fraction of sp³-hybridized carbons (Fsp3) is 0.286. The van der Waals surface area contributed by atoms with Crippen molar-refractivity contribution in [2.24, 2.45) is 0 Å². The van der Waals surface area contributed by atoms with Gasteiger partial charge in [0.15, 0.2) is 24.1 Å². The van der Waals surface area contributed by atoms with Crippen LogP contribution in [0.4, 0.5) is 0 Å². The lowest BCUT2D eigenvalue weighted by atomic mass is 10.0. The first-order chi connectivity index (χ1) is 13.0. The molecule has 142 valence electrons. The number of hydrogen-bond donors (Lipinski definition) is 0. The Labute approximate surface area is 157 Å². The number of fused-ring (bicyclic) bond motifs is 1. The van der Waals surface area contributed by atoms with E-state index in [1.165, 1.54) is 7.11 Å². The molecular formula is C21H22O6. The van der Waals surface area contributed by atoms with Gasteiger partial charge in [-0.05, 0) is 55.3 Å². The van der Waals surface area contributed by atoms with E-state index in [2.05, 4.69) is 0 Å². The first kappa shape index (κ1) is 18.8. The van der Waals surface area contributed by atoms with Crippen LogP contribution in [-0.4, -0.2) is 28.1 Å². The molecule has 0 aliphatic heterocycles. The van der Waals surface area contributed by atoms with Gasteiger partial charge in [0.2, 0.25) is 11.2 Å². The van der Waals surface area contributed by atoms with Crippen LogP contribution in [0.25, 0.3) is 22.3 Å². The third kappa shape index (κ3) is 3.48. The maximum Gasteiger partial charge on any atom is 0.235 e. The molecule has 3 rings (SSSR count). The van der Waals surface area contributed by atoms with Crippen molar-refractivity contribution in [1.29, 1.82) is 0 Å². The van der Waals surface area contributed by atoms with Crippen molar-refractivity contribution < 1.29 is 23.4 Å². The van der Waals surface area contributed by atoms with E-state index in [1.54, 1.807) is 32.4 Å². The van der Waals surface area contributed by atoms with Crippen molar-refractivity contribution in [2.45, 2.75) is 13.8 Å². The molecule has 0 saturated carbocycles. The van der Waals surface area contributed by atoms with Gasteiger partial charge < -0.3 is 23.4 Å². The molecule has 0 fully saturated rings. The van der Waals surface area contributed by atoms with Crippen molar-refractivity contribution in [2.75, 3.05) is 28.1 Å². The average Bonchev–Trinajstić information content (AvgIpc) is 2.68. The summed E-state index contributed by atoms with van der Waals surface area (Å²) < 4.78 is 27.3. The lowest BCUT2D eigenvalue weighted by molar-refractivity contribution is 0.0498. The van der Waals surface area contributed by atoms with Crippen LogP contribution in [-0.2, 0) is 4.74 Å². The van der Waals surface area contributed by atoms with E-state index >= 15 is 0 Å². The van der Waals surface area contributed by atoms with E-state index in [1.807, 2.05) is 26.0 Å². The summed E-state index contributed by atoms with van der Waals surface area (Å²) in [5, 5.41) is 0.466. The first-order valence-corrected chi connectivity index (χ1v) is 8.42.